The molecule has 0 fully saturated rings. The zero-order chi connectivity index (χ0) is 18.4. The third kappa shape index (κ3) is 4.72. The predicted molar refractivity (Wildman–Crippen MR) is 94.5 cm³/mol. The van der Waals surface area contributed by atoms with Crippen LogP contribution < -0.4 is 21.5 Å². The molecule has 0 aliphatic carbocycles. The number of hydrogen-bond donors (Lipinski definition) is 5. The van der Waals surface area contributed by atoms with Crippen molar-refractivity contribution >= 4 is 28.7 Å². The lowest BCUT2D eigenvalue weighted by Crippen LogP contribution is -2.55. The summed E-state index contributed by atoms with van der Waals surface area (Å²) in [5.41, 5.74) is 6.39. The van der Waals surface area contributed by atoms with E-state index in [9.17, 15) is 14.4 Å². The number of urea groups is 1. The SMILES string of the molecule is CNC(=O)NNC(=O)C(Cc1c[nH]c2ccccc12)NC(=O)C(C)C. The van der Waals surface area contributed by atoms with Crippen molar-refractivity contribution in [1.82, 2.24) is 26.5 Å². The molecule has 2 rings (SSSR count). The van der Waals surface area contributed by atoms with Crippen molar-refractivity contribution in [3.05, 3.63) is 36.0 Å². The fourth-order valence-electron chi connectivity index (χ4n) is 2.34. The van der Waals surface area contributed by atoms with Gasteiger partial charge in [0.2, 0.25) is 5.91 Å². The van der Waals surface area contributed by atoms with Crippen LogP contribution in [-0.2, 0) is 16.0 Å². The van der Waals surface area contributed by atoms with E-state index in [1.165, 1.54) is 7.05 Å². The van der Waals surface area contributed by atoms with Crippen LogP contribution in [0.2, 0.25) is 0 Å². The van der Waals surface area contributed by atoms with Gasteiger partial charge in [-0.25, -0.2) is 10.2 Å². The van der Waals surface area contributed by atoms with Crippen LogP contribution >= 0.6 is 0 Å². The van der Waals surface area contributed by atoms with Crippen LogP contribution in [0.15, 0.2) is 30.5 Å². The Balaban J connectivity index is 2.17. The van der Waals surface area contributed by atoms with Gasteiger partial charge in [-0.05, 0) is 11.6 Å². The number of benzene rings is 1. The van der Waals surface area contributed by atoms with Crippen molar-refractivity contribution in [1.29, 1.82) is 0 Å². The molecule has 0 saturated heterocycles. The smallest absolute Gasteiger partial charge is 0.333 e. The highest BCUT2D eigenvalue weighted by Crippen LogP contribution is 2.19. The second kappa shape index (κ2) is 8.18. The number of para-hydroxylation sites is 1. The number of hydrogen-bond acceptors (Lipinski definition) is 3. The van der Waals surface area contributed by atoms with E-state index in [1.807, 2.05) is 30.5 Å². The molecule has 0 aliphatic rings. The third-order valence-corrected chi connectivity index (χ3v) is 3.78. The van der Waals surface area contributed by atoms with Crippen molar-refractivity contribution in [3.63, 3.8) is 0 Å². The maximum atomic E-state index is 12.4. The van der Waals surface area contributed by atoms with Gasteiger partial charge < -0.3 is 15.6 Å². The predicted octanol–water partition coefficient (Wildman–Crippen LogP) is 0.811. The van der Waals surface area contributed by atoms with Crippen molar-refractivity contribution in [3.8, 4) is 0 Å². The first kappa shape index (κ1) is 18.3. The number of aromatic nitrogens is 1. The molecule has 0 bridgehead atoms. The highest BCUT2D eigenvalue weighted by atomic mass is 16.2. The van der Waals surface area contributed by atoms with Crippen molar-refractivity contribution in [2.75, 3.05) is 7.05 Å². The molecular formula is C17H23N5O3. The van der Waals surface area contributed by atoms with E-state index in [4.69, 9.17) is 0 Å². The molecular weight excluding hydrogens is 322 g/mol. The molecule has 1 unspecified atom stereocenters. The number of nitrogens with one attached hydrogen (secondary N) is 5. The Morgan fingerprint density at radius 3 is 2.48 bits per heavy atom. The highest BCUT2D eigenvalue weighted by Gasteiger charge is 2.24. The average Bonchev–Trinajstić information content (AvgIpc) is 3.01. The van der Waals surface area contributed by atoms with E-state index in [0.717, 1.165) is 16.5 Å². The first-order chi connectivity index (χ1) is 11.9. The largest absolute Gasteiger partial charge is 0.361 e. The zero-order valence-corrected chi connectivity index (χ0v) is 14.5. The number of fused-ring (bicyclic) bond motifs is 1. The zero-order valence-electron chi connectivity index (χ0n) is 14.5. The maximum Gasteiger partial charge on any atom is 0.333 e. The second-order valence-corrected chi connectivity index (χ2v) is 5.97. The molecule has 1 aromatic carbocycles. The van der Waals surface area contributed by atoms with Crippen LogP contribution in [0, 0.1) is 5.92 Å². The lowest BCUT2D eigenvalue weighted by atomic mass is 10.0. The Morgan fingerprint density at radius 1 is 1.08 bits per heavy atom. The van der Waals surface area contributed by atoms with E-state index in [-0.39, 0.29) is 11.8 Å². The van der Waals surface area contributed by atoms with Gasteiger partial charge in [-0.3, -0.25) is 15.0 Å². The third-order valence-electron chi connectivity index (χ3n) is 3.78. The molecule has 0 spiro atoms. The Hall–Kier alpha value is -3.03. The number of amides is 4. The first-order valence-corrected chi connectivity index (χ1v) is 8.05. The minimum absolute atomic E-state index is 0.236. The summed E-state index contributed by atoms with van der Waals surface area (Å²) in [6, 6.07) is 6.35. The standard InChI is InChI=1S/C17H23N5O3/c1-10(2)15(23)20-14(16(24)21-22-17(25)18-3)8-11-9-19-13-7-5-4-6-12(11)13/h4-7,9-10,14,19H,8H2,1-3H3,(H,20,23)(H,21,24)(H2,18,22,25). The monoisotopic (exact) mass is 345 g/mol. The number of H-pyrrole nitrogens is 1. The number of carbonyl (C=O) groups is 3. The Labute approximate surface area is 145 Å². The summed E-state index contributed by atoms with van der Waals surface area (Å²) in [5, 5.41) is 6.04. The van der Waals surface area contributed by atoms with Gasteiger partial charge in [0.05, 0.1) is 0 Å². The molecule has 4 amide bonds. The Morgan fingerprint density at radius 2 is 1.80 bits per heavy atom. The number of rotatable bonds is 5. The molecule has 25 heavy (non-hydrogen) atoms. The first-order valence-electron chi connectivity index (χ1n) is 8.05. The summed E-state index contributed by atoms with van der Waals surface area (Å²) < 4.78 is 0. The topological polar surface area (TPSA) is 115 Å². The lowest BCUT2D eigenvalue weighted by Gasteiger charge is -2.19. The van der Waals surface area contributed by atoms with Gasteiger partial charge in [0.1, 0.15) is 6.04 Å². The minimum atomic E-state index is -0.814. The van der Waals surface area contributed by atoms with Gasteiger partial charge in [0.25, 0.3) is 5.91 Å². The van der Waals surface area contributed by atoms with Crippen LogP contribution in [-0.4, -0.2) is 35.9 Å². The van der Waals surface area contributed by atoms with Crippen molar-refractivity contribution in [2.45, 2.75) is 26.3 Å². The molecule has 134 valence electrons. The van der Waals surface area contributed by atoms with Crippen LogP contribution in [0.4, 0.5) is 4.79 Å². The van der Waals surface area contributed by atoms with E-state index in [1.54, 1.807) is 13.8 Å². The number of aromatic amines is 1. The molecule has 8 nitrogen and oxygen atoms in total. The summed E-state index contributed by atoms with van der Waals surface area (Å²) in [4.78, 5) is 38.8. The van der Waals surface area contributed by atoms with E-state index < -0.39 is 18.0 Å². The molecule has 0 radical (unpaired) electrons. The highest BCUT2D eigenvalue weighted by molar-refractivity contribution is 5.91. The summed E-state index contributed by atoms with van der Waals surface area (Å²) in [6.45, 7) is 3.50. The molecule has 1 aromatic heterocycles. The molecule has 1 heterocycles. The fourth-order valence-corrected chi connectivity index (χ4v) is 2.34. The van der Waals surface area contributed by atoms with Gasteiger partial charge in [-0.15, -0.1) is 0 Å². The van der Waals surface area contributed by atoms with Gasteiger partial charge in [0.15, 0.2) is 0 Å². The van der Waals surface area contributed by atoms with Gasteiger partial charge in [-0.1, -0.05) is 32.0 Å². The fraction of sp³-hybridized carbons (Fsp3) is 0.353. The van der Waals surface area contributed by atoms with E-state index in [2.05, 4.69) is 26.5 Å². The van der Waals surface area contributed by atoms with Gasteiger partial charge in [-0.2, -0.15) is 0 Å². The summed E-state index contributed by atoms with van der Waals surface area (Å²) in [7, 11) is 1.44. The number of carbonyl (C=O) groups excluding carboxylic acids is 3. The van der Waals surface area contributed by atoms with Crippen molar-refractivity contribution in [2.24, 2.45) is 5.92 Å². The Kier molecular flexibility index (Phi) is 5.99. The van der Waals surface area contributed by atoms with Crippen LogP contribution in [0.1, 0.15) is 19.4 Å². The molecule has 5 N–H and O–H groups in total. The minimum Gasteiger partial charge on any atom is -0.361 e. The summed E-state index contributed by atoms with van der Waals surface area (Å²) >= 11 is 0. The maximum absolute atomic E-state index is 12.4. The number of hydrazine groups is 1. The van der Waals surface area contributed by atoms with Crippen LogP contribution in [0.5, 0.6) is 0 Å². The molecule has 8 heteroatoms. The molecule has 0 saturated carbocycles. The van der Waals surface area contributed by atoms with Crippen molar-refractivity contribution < 1.29 is 14.4 Å². The normalized spacial score (nSPS) is 11.8. The summed E-state index contributed by atoms with van der Waals surface area (Å²) in [5.74, 6) is -0.993. The molecule has 1 atom stereocenters. The van der Waals surface area contributed by atoms with Crippen LogP contribution in [0.25, 0.3) is 10.9 Å². The van der Waals surface area contributed by atoms with Gasteiger partial charge >= 0.3 is 6.03 Å². The summed E-state index contributed by atoms with van der Waals surface area (Å²) in [6.07, 6.45) is 2.11. The van der Waals surface area contributed by atoms with E-state index in [0.29, 0.717) is 6.42 Å². The lowest BCUT2D eigenvalue weighted by molar-refractivity contribution is -0.130. The van der Waals surface area contributed by atoms with Crippen LogP contribution in [0.3, 0.4) is 0 Å². The second-order valence-electron chi connectivity index (χ2n) is 5.97. The van der Waals surface area contributed by atoms with E-state index >= 15 is 0 Å². The molecule has 2 aromatic rings. The Bertz CT molecular complexity index is 768. The molecule has 0 aliphatic heterocycles. The quantitative estimate of drug-likeness (QED) is 0.517. The average molecular weight is 345 g/mol. The van der Waals surface area contributed by atoms with Gasteiger partial charge in [0, 0.05) is 36.5 Å².